The van der Waals surface area contributed by atoms with Crippen LogP contribution in [0, 0.1) is 0 Å². The number of nitrogens with zero attached hydrogens (tertiary/aromatic N) is 1. The zero-order valence-corrected chi connectivity index (χ0v) is 12.6. The lowest BCUT2D eigenvalue weighted by atomic mass is 10.1. The van der Waals surface area contributed by atoms with Crippen LogP contribution in [0.5, 0.6) is 0 Å². The van der Waals surface area contributed by atoms with Crippen LogP contribution in [0.15, 0.2) is 47.2 Å². The van der Waals surface area contributed by atoms with Gasteiger partial charge in [0, 0.05) is 6.54 Å². The molecule has 1 atom stereocenters. The average Bonchev–Trinajstić information content (AvgIpc) is 2.92. The molecule has 0 amide bonds. The molecule has 1 aromatic carbocycles. The molecular weight excluding hydrogens is 272 g/mol. The number of hydrogen-bond donors (Lipinski definition) is 1. The molecule has 1 aromatic heterocycles. The van der Waals surface area contributed by atoms with Gasteiger partial charge in [-0.3, -0.25) is 4.90 Å². The maximum Gasteiger partial charge on any atom is 0.0948 e. The van der Waals surface area contributed by atoms with Crippen molar-refractivity contribution in [3.63, 3.8) is 0 Å². The Hall–Kier alpha value is -1.23. The predicted octanol–water partition coefficient (Wildman–Crippen LogP) is 3.60. The SMILES string of the molecule is CCN(Cc1ccccc1)C(C(N)=S)c1ccsc1. The minimum atomic E-state index is 0.0199. The Kier molecular flexibility index (Phi) is 5.07. The van der Waals surface area contributed by atoms with Gasteiger partial charge in [0.15, 0.2) is 0 Å². The van der Waals surface area contributed by atoms with E-state index in [0.29, 0.717) is 4.99 Å². The molecule has 0 aliphatic carbocycles. The van der Waals surface area contributed by atoms with Crippen molar-refractivity contribution in [2.75, 3.05) is 6.54 Å². The highest BCUT2D eigenvalue weighted by Gasteiger charge is 2.22. The standard InChI is InChI=1S/C15H18N2S2/c1-2-17(10-12-6-4-3-5-7-12)14(15(16)18)13-8-9-19-11-13/h3-9,11,14H,2,10H2,1H3,(H2,16,18). The Morgan fingerprint density at radius 1 is 1.32 bits per heavy atom. The van der Waals surface area contributed by atoms with Crippen LogP contribution in [0.3, 0.4) is 0 Å². The van der Waals surface area contributed by atoms with Gasteiger partial charge in [-0.25, -0.2) is 0 Å². The summed E-state index contributed by atoms with van der Waals surface area (Å²) in [6.07, 6.45) is 0. The Morgan fingerprint density at radius 2 is 2.05 bits per heavy atom. The third kappa shape index (κ3) is 3.62. The molecular formula is C15H18N2S2. The molecule has 1 unspecified atom stereocenters. The second kappa shape index (κ2) is 6.80. The third-order valence-corrected chi connectivity index (χ3v) is 4.05. The molecule has 0 saturated heterocycles. The van der Waals surface area contributed by atoms with E-state index in [0.717, 1.165) is 13.1 Å². The van der Waals surface area contributed by atoms with Gasteiger partial charge in [-0.15, -0.1) is 0 Å². The van der Waals surface area contributed by atoms with Gasteiger partial charge >= 0.3 is 0 Å². The lowest BCUT2D eigenvalue weighted by Gasteiger charge is -2.29. The smallest absolute Gasteiger partial charge is 0.0948 e. The predicted molar refractivity (Wildman–Crippen MR) is 86.4 cm³/mol. The molecule has 2 nitrogen and oxygen atoms in total. The Bertz CT molecular complexity index is 508. The van der Waals surface area contributed by atoms with E-state index < -0.39 is 0 Å². The van der Waals surface area contributed by atoms with E-state index in [1.807, 2.05) is 6.07 Å². The summed E-state index contributed by atoms with van der Waals surface area (Å²) in [5.74, 6) is 0. The van der Waals surface area contributed by atoms with Crippen molar-refractivity contribution in [1.29, 1.82) is 0 Å². The summed E-state index contributed by atoms with van der Waals surface area (Å²) in [6.45, 7) is 3.91. The van der Waals surface area contributed by atoms with Crippen LogP contribution in [0.2, 0.25) is 0 Å². The van der Waals surface area contributed by atoms with Crippen molar-refractivity contribution in [2.45, 2.75) is 19.5 Å². The maximum absolute atomic E-state index is 5.95. The van der Waals surface area contributed by atoms with Gasteiger partial charge in [0.2, 0.25) is 0 Å². The number of likely N-dealkylation sites (N-methyl/N-ethyl adjacent to an activating group) is 1. The van der Waals surface area contributed by atoms with Crippen LogP contribution in [-0.2, 0) is 6.54 Å². The van der Waals surface area contributed by atoms with E-state index in [9.17, 15) is 0 Å². The lowest BCUT2D eigenvalue weighted by Crippen LogP contribution is -2.36. The number of nitrogens with two attached hydrogens (primary N) is 1. The van der Waals surface area contributed by atoms with Gasteiger partial charge in [0.05, 0.1) is 11.0 Å². The van der Waals surface area contributed by atoms with Gasteiger partial charge in [0.1, 0.15) is 0 Å². The average molecular weight is 290 g/mol. The monoisotopic (exact) mass is 290 g/mol. The molecule has 2 aromatic rings. The quantitative estimate of drug-likeness (QED) is 0.824. The van der Waals surface area contributed by atoms with Crippen LogP contribution in [0.4, 0.5) is 0 Å². The van der Waals surface area contributed by atoms with E-state index in [4.69, 9.17) is 18.0 Å². The van der Waals surface area contributed by atoms with Crippen LogP contribution in [0.1, 0.15) is 24.1 Å². The summed E-state index contributed by atoms with van der Waals surface area (Å²) in [5.41, 5.74) is 8.42. The first-order valence-corrected chi connectivity index (χ1v) is 7.67. The summed E-state index contributed by atoms with van der Waals surface area (Å²) < 4.78 is 0. The molecule has 4 heteroatoms. The zero-order valence-electron chi connectivity index (χ0n) is 11.0. The molecule has 2 rings (SSSR count). The van der Waals surface area contributed by atoms with Gasteiger partial charge in [-0.1, -0.05) is 49.5 Å². The van der Waals surface area contributed by atoms with Crippen molar-refractivity contribution in [1.82, 2.24) is 4.90 Å². The number of rotatable bonds is 6. The van der Waals surface area contributed by atoms with Crippen molar-refractivity contribution >= 4 is 28.5 Å². The van der Waals surface area contributed by atoms with E-state index >= 15 is 0 Å². The Balaban J connectivity index is 2.21. The summed E-state index contributed by atoms with van der Waals surface area (Å²) in [4.78, 5) is 2.84. The molecule has 0 aliphatic rings. The van der Waals surface area contributed by atoms with Gasteiger partial charge in [0.25, 0.3) is 0 Å². The van der Waals surface area contributed by atoms with Crippen molar-refractivity contribution in [3.8, 4) is 0 Å². The summed E-state index contributed by atoms with van der Waals surface area (Å²) >= 11 is 6.94. The molecule has 0 bridgehead atoms. The van der Waals surface area contributed by atoms with E-state index in [-0.39, 0.29) is 6.04 Å². The van der Waals surface area contributed by atoms with E-state index in [1.54, 1.807) is 11.3 Å². The lowest BCUT2D eigenvalue weighted by molar-refractivity contribution is 0.249. The molecule has 100 valence electrons. The number of thiocarbonyl (C=S) groups is 1. The van der Waals surface area contributed by atoms with E-state index in [1.165, 1.54) is 11.1 Å². The zero-order chi connectivity index (χ0) is 13.7. The van der Waals surface area contributed by atoms with Crippen LogP contribution < -0.4 is 5.73 Å². The van der Waals surface area contributed by atoms with Crippen molar-refractivity contribution < 1.29 is 0 Å². The molecule has 0 saturated carbocycles. The molecule has 0 radical (unpaired) electrons. The minimum Gasteiger partial charge on any atom is -0.392 e. The number of benzene rings is 1. The number of thiophene rings is 1. The first-order valence-electron chi connectivity index (χ1n) is 6.31. The molecule has 2 N–H and O–H groups in total. The Labute approximate surface area is 123 Å². The minimum absolute atomic E-state index is 0.0199. The maximum atomic E-state index is 5.95. The largest absolute Gasteiger partial charge is 0.392 e. The van der Waals surface area contributed by atoms with Crippen LogP contribution >= 0.6 is 23.6 Å². The molecule has 0 aliphatic heterocycles. The van der Waals surface area contributed by atoms with Crippen molar-refractivity contribution in [2.24, 2.45) is 5.73 Å². The molecule has 1 heterocycles. The molecule has 0 spiro atoms. The fourth-order valence-electron chi connectivity index (χ4n) is 2.19. The van der Waals surface area contributed by atoms with Crippen LogP contribution in [0.25, 0.3) is 0 Å². The number of hydrogen-bond acceptors (Lipinski definition) is 3. The topological polar surface area (TPSA) is 29.3 Å². The van der Waals surface area contributed by atoms with Gasteiger partial charge < -0.3 is 5.73 Å². The normalized spacial score (nSPS) is 12.5. The second-order valence-electron chi connectivity index (χ2n) is 4.41. The summed E-state index contributed by atoms with van der Waals surface area (Å²) in [6, 6.07) is 12.5. The van der Waals surface area contributed by atoms with Gasteiger partial charge in [-0.2, -0.15) is 11.3 Å². The van der Waals surface area contributed by atoms with Gasteiger partial charge in [-0.05, 0) is 34.5 Å². The summed E-state index contributed by atoms with van der Waals surface area (Å²) in [7, 11) is 0. The third-order valence-electron chi connectivity index (χ3n) is 3.13. The highest BCUT2D eigenvalue weighted by molar-refractivity contribution is 7.80. The fourth-order valence-corrected chi connectivity index (χ4v) is 3.15. The van der Waals surface area contributed by atoms with Crippen molar-refractivity contribution in [3.05, 3.63) is 58.3 Å². The van der Waals surface area contributed by atoms with E-state index in [2.05, 4.69) is 52.9 Å². The first-order chi connectivity index (χ1) is 9.22. The Morgan fingerprint density at radius 3 is 2.58 bits per heavy atom. The summed E-state index contributed by atoms with van der Waals surface area (Å²) in [5, 5.41) is 4.19. The highest BCUT2D eigenvalue weighted by Crippen LogP contribution is 2.25. The fraction of sp³-hybridized carbons (Fsp3) is 0.267. The second-order valence-corrected chi connectivity index (χ2v) is 5.66. The van der Waals surface area contributed by atoms with Crippen LogP contribution in [-0.4, -0.2) is 16.4 Å². The molecule has 19 heavy (non-hydrogen) atoms. The first kappa shape index (κ1) is 14.2. The molecule has 0 fully saturated rings. The highest BCUT2D eigenvalue weighted by atomic mass is 32.1.